The standard InChI is InChI=1S/C25H30ClFN2O5S/c1-19-16-20(6-7-21(19)26)34-18-25(17-24(30)28-12-14-33-15-13-28)8-10-29(11-9-25)35(31,32)23-5-3-2-4-22(23)27/h2-7,16H,8-15,17-18H2,1H3. The van der Waals surface area contributed by atoms with Crippen molar-refractivity contribution in [1.29, 1.82) is 0 Å². The number of sulfonamides is 1. The molecule has 0 aliphatic carbocycles. The number of hydrogen-bond donors (Lipinski definition) is 0. The Labute approximate surface area is 210 Å². The van der Waals surface area contributed by atoms with Crippen LogP contribution in [0.25, 0.3) is 0 Å². The summed E-state index contributed by atoms with van der Waals surface area (Å²) in [6, 6.07) is 10.8. The Morgan fingerprint density at radius 2 is 1.80 bits per heavy atom. The topological polar surface area (TPSA) is 76.2 Å². The second kappa shape index (κ2) is 10.8. The number of rotatable bonds is 7. The van der Waals surface area contributed by atoms with Gasteiger partial charge >= 0.3 is 0 Å². The summed E-state index contributed by atoms with van der Waals surface area (Å²) in [5.74, 6) is -0.116. The monoisotopic (exact) mass is 524 g/mol. The second-order valence-corrected chi connectivity index (χ2v) is 11.5. The number of nitrogens with zero attached hydrogens (tertiary/aromatic N) is 2. The molecule has 2 heterocycles. The minimum atomic E-state index is -3.98. The van der Waals surface area contributed by atoms with Crippen LogP contribution >= 0.6 is 11.6 Å². The smallest absolute Gasteiger partial charge is 0.245 e. The fourth-order valence-corrected chi connectivity index (χ4v) is 6.18. The quantitative estimate of drug-likeness (QED) is 0.549. The van der Waals surface area contributed by atoms with Crippen molar-refractivity contribution in [2.75, 3.05) is 46.0 Å². The minimum Gasteiger partial charge on any atom is -0.493 e. The predicted molar refractivity (Wildman–Crippen MR) is 131 cm³/mol. The van der Waals surface area contributed by atoms with Crippen molar-refractivity contribution >= 4 is 27.5 Å². The summed E-state index contributed by atoms with van der Waals surface area (Å²) in [6.07, 6.45) is 1.08. The van der Waals surface area contributed by atoms with Gasteiger partial charge in [-0.25, -0.2) is 12.8 Å². The number of halogens is 2. The Morgan fingerprint density at radius 3 is 2.46 bits per heavy atom. The van der Waals surface area contributed by atoms with Gasteiger partial charge in [-0.2, -0.15) is 4.31 Å². The molecule has 190 valence electrons. The lowest BCUT2D eigenvalue weighted by Crippen LogP contribution is -2.49. The van der Waals surface area contributed by atoms with E-state index in [2.05, 4.69) is 0 Å². The maximum Gasteiger partial charge on any atom is 0.245 e. The third-order valence-electron chi connectivity index (χ3n) is 6.80. The average molecular weight is 525 g/mol. The van der Waals surface area contributed by atoms with E-state index < -0.39 is 21.3 Å². The summed E-state index contributed by atoms with van der Waals surface area (Å²) in [6.45, 7) is 4.60. The zero-order chi connectivity index (χ0) is 25.1. The summed E-state index contributed by atoms with van der Waals surface area (Å²) in [4.78, 5) is 14.6. The molecule has 10 heteroatoms. The van der Waals surface area contributed by atoms with Crippen LogP contribution in [0.3, 0.4) is 0 Å². The van der Waals surface area contributed by atoms with Gasteiger partial charge in [0.05, 0.1) is 19.8 Å². The molecule has 2 aliphatic rings. The molecule has 0 saturated carbocycles. The van der Waals surface area contributed by atoms with Gasteiger partial charge in [-0.15, -0.1) is 0 Å². The lowest BCUT2D eigenvalue weighted by atomic mass is 9.76. The van der Waals surface area contributed by atoms with Crippen molar-refractivity contribution in [3.05, 3.63) is 58.9 Å². The maximum absolute atomic E-state index is 14.2. The molecule has 1 amide bonds. The van der Waals surface area contributed by atoms with E-state index in [1.54, 1.807) is 17.0 Å². The van der Waals surface area contributed by atoms with Gasteiger partial charge < -0.3 is 14.4 Å². The van der Waals surface area contributed by atoms with E-state index >= 15 is 0 Å². The molecule has 0 unspecified atom stereocenters. The summed E-state index contributed by atoms with van der Waals surface area (Å²) in [5, 5.41) is 0.640. The van der Waals surface area contributed by atoms with Gasteiger partial charge in [-0.1, -0.05) is 23.7 Å². The van der Waals surface area contributed by atoms with E-state index in [0.717, 1.165) is 11.6 Å². The number of piperidine rings is 1. The van der Waals surface area contributed by atoms with Crippen LogP contribution in [0.4, 0.5) is 4.39 Å². The highest BCUT2D eigenvalue weighted by atomic mass is 35.5. The predicted octanol–water partition coefficient (Wildman–Crippen LogP) is 3.89. The van der Waals surface area contributed by atoms with E-state index in [-0.39, 0.29) is 36.9 Å². The van der Waals surface area contributed by atoms with Crippen LogP contribution in [0.2, 0.25) is 5.02 Å². The molecule has 0 spiro atoms. The number of aryl methyl sites for hydroxylation is 1. The number of amides is 1. The molecule has 2 saturated heterocycles. The zero-order valence-corrected chi connectivity index (χ0v) is 21.3. The van der Waals surface area contributed by atoms with Crippen LogP contribution in [0, 0.1) is 18.2 Å². The molecular weight excluding hydrogens is 495 g/mol. The van der Waals surface area contributed by atoms with Gasteiger partial charge in [0.25, 0.3) is 0 Å². The van der Waals surface area contributed by atoms with Gasteiger partial charge in [0.15, 0.2) is 0 Å². The Bertz CT molecular complexity index is 1160. The molecule has 35 heavy (non-hydrogen) atoms. The number of benzene rings is 2. The number of carbonyl (C=O) groups is 1. The van der Waals surface area contributed by atoms with E-state index in [1.165, 1.54) is 22.5 Å². The highest BCUT2D eigenvalue weighted by Crippen LogP contribution is 2.38. The van der Waals surface area contributed by atoms with E-state index in [1.807, 2.05) is 13.0 Å². The summed E-state index contributed by atoms with van der Waals surface area (Å²) in [7, 11) is -3.98. The van der Waals surface area contributed by atoms with E-state index in [9.17, 15) is 17.6 Å². The third kappa shape index (κ3) is 5.97. The van der Waals surface area contributed by atoms with Gasteiger partial charge in [-0.3, -0.25) is 4.79 Å². The molecule has 0 N–H and O–H groups in total. The van der Waals surface area contributed by atoms with Gasteiger partial charge in [0.2, 0.25) is 15.9 Å². The minimum absolute atomic E-state index is 0.00889. The van der Waals surface area contributed by atoms with Gasteiger partial charge in [0.1, 0.15) is 16.5 Å². The number of ether oxygens (including phenoxy) is 2. The molecule has 0 atom stereocenters. The SMILES string of the molecule is Cc1cc(OCC2(CC(=O)N3CCOCC3)CCN(S(=O)(=O)c3ccccc3F)CC2)ccc1Cl. The van der Waals surface area contributed by atoms with Gasteiger partial charge in [0, 0.05) is 43.0 Å². The van der Waals surface area contributed by atoms with E-state index in [0.29, 0.717) is 49.9 Å². The first kappa shape index (κ1) is 25.9. The molecule has 4 rings (SSSR count). The first-order valence-electron chi connectivity index (χ1n) is 11.7. The first-order valence-corrected chi connectivity index (χ1v) is 13.5. The van der Waals surface area contributed by atoms with Crippen molar-refractivity contribution in [3.63, 3.8) is 0 Å². The molecule has 2 fully saturated rings. The van der Waals surface area contributed by atoms with E-state index in [4.69, 9.17) is 21.1 Å². The molecule has 2 aromatic rings. The molecule has 0 aromatic heterocycles. The zero-order valence-electron chi connectivity index (χ0n) is 19.7. The van der Waals surface area contributed by atoms with Crippen molar-refractivity contribution in [3.8, 4) is 5.75 Å². The second-order valence-electron chi connectivity index (χ2n) is 9.20. The van der Waals surface area contributed by atoms with Crippen molar-refractivity contribution in [2.45, 2.75) is 31.1 Å². The summed E-state index contributed by atoms with van der Waals surface area (Å²) < 4.78 is 53.2. The Hall–Kier alpha value is -2.20. The molecule has 7 nitrogen and oxygen atoms in total. The lowest BCUT2D eigenvalue weighted by Gasteiger charge is -2.41. The van der Waals surface area contributed by atoms with Crippen LogP contribution in [0.1, 0.15) is 24.8 Å². The Kier molecular flexibility index (Phi) is 8.00. The van der Waals surface area contributed by atoms with Crippen LogP contribution in [-0.2, 0) is 19.6 Å². The molecule has 2 aromatic carbocycles. The average Bonchev–Trinajstić information content (AvgIpc) is 2.86. The van der Waals surface area contributed by atoms with Crippen LogP contribution in [0.15, 0.2) is 47.4 Å². The summed E-state index contributed by atoms with van der Waals surface area (Å²) >= 11 is 6.13. The van der Waals surface area contributed by atoms with Crippen molar-refractivity contribution < 1.29 is 27.1 Å². The van der Waals surface area contributed by atoms with Crippen LogP contribution in [-0.4, -0.2) is 69.5 Å². The van der Waals surface area contributed by atoms with Crippen molar-refractivity contribution in [2.24, 2.45) is 5.41 Å². The molecule has 0 radical (unpaired) electrons. The number of carbonyl (C=O) groups excluding carboxylic acids is 1. The fourth-order valence-electron chi connectivity index (χ4n) is 4.55. The molecule has 0 bridgehead atoms. The normalized spacial score (nSPS) is 18.9. The first-order chi connectivity index (χ1) is 16.7. The lowest BCUT2D eigenvalue weighted by molar-refractivity contribution is -0.139. The maximum atomic E-state index is 14.2. The number of morpholine rings is 1. The van der Waals surface area contributed by atoms with Gasteiger partial charge in [-0.05, 0) is 55.7 Å². The van der Waals surface area contributed by atoms with Crippen LogP contribution < -0.4 is 4.74 Å². The van der Waals surface area contributed by atoms with Crippen molar-refractivity contribution in [1.82, 2.24) is 9.21 Å². The fraction of sp³-hybridized carbons (Fsp3) is 0.480. The largest absolute Gasteiger partial charge is 0.493 e. The summed E-state index contributed by atoms with van der Waals surface area (Å²) in [5.41, 5.74) is 0.331. The molecule has 2 aliphatic heterocycles. The third-order valence-corrected chi connectivity index (χ3v) is 9.16. The molecular formula is C25H30ClFN2O5S. The number of hydrogen-bond acceptors (Lipinski definition) is 5. The Morgan fingerprint density at radius 1 is 1.11 bits per heavy atom. The highest BCUT2D eigenvalue weighted by Gasteiger charge is 2.42. The van der Waals surface area contributed by atoms with Crippen LogP contribution in [0.5, 0.6) is 5.75 Å². The highest BCUT2D eigenvalue weighted by molar-refractivity contribution is 7.89. The Balaban J connectivity index is 1.51.